The van der Waals surface area contributed by atoms with E-state index < -0.39 is 23.9 Å². The highest BCUT2D eigenvalue weighted by molar-refractivity contribution is 7.21. The molecule has 0 aliphatic heterocycles. The molecule has 2 amide bonds. The SMILES string of the molecule is Cc1ccc(-c2ccnc3c(C(=O)Nc4c(C(N)=O)sc5nc(C(F)F)cc(-c6cn(C)nc6C)c45)cnn23)cc1. The number of thiophene rings is 1. The largest absolute Gasteiger partial charge is 0.365 e. The van der Waals surface area contributed by atoms with Crippen LogP contribution in [0, 0.1) is 13.8 Å². The molecule has 0 fully saturated rings. The highest BCUT2D eigenvalue weighted by Crippen LogP contribution is 2.43. The molecule has 0 atom stereocenters. The van der Waals surface area contributed by atoms with Crippen molar-refractivity contribution >= 4 is 44.7 Å². The summed E-state index contributed by atoms with van der Waals surface area (Å²) in [5, 5.41) is 11.8. The second kappa shape index (κ2) is 9.86. The second-order valence-electron chi connectivity index (χ2n) is 9.49. The lowest BCUT2D eigenvalue weighted by molar-refractivity contribution is 0.100. The van der Waals surface area contributed by atoms with E-state index in [1.807, 2.05) is 31.2 Å². The molecule has 3 N–H and O–H groups in total. The van der Waals surface area contributed by atoms with Gasteiger partial charge in [0, 0.05) is 36.0 Å². The van der Waals surface area contributed by atoms with Crippen LogP contribution < -0.4 is 11.1 Å². The third-order valence-corrected chi connectivity index (χ3v) is 7.76. The standard InChI is InChI=1S/C28H22F2N8O2S/c1-13-4-6-15(7-5-13)20-8-9-32-26-17(11-33-38(20)26)27(40)35-22-21-16(18-12-37(3)36-14(18)2)10-19(24(29)30)34-28(21)41-23(22)25(31)39/h4-12,24H,1-3H3,(H2,31,39)(H,35,40). The van der Waals surface area contributed by atoms with E-state index in [4.69, 9.17) is 5.73 Å². The summed E-state index contributed by atoms with van der Waals surface area (Å²) in [6, 6.07) is 10.9. The normalized spacial score (nSPS) is 11.6. The topological polar surface area (TPSA) is 133 Å². The number of aromatic nitrogens is 6. The van der Waals surface area contributed by atoms with Crippen molar-refractivity contribution in [2.75, 3.05) is 5.32 Å². The van der Waals surface area contributed by atoms with Crippen LogP contribution in [0.4, 0.5) is 14.5 Å². The number of primary amides is 1. The molecule has 5 heterocycles. The summed E-state index contributed by atoms with van der Waals surface area (Å²) >= 11 is 0.831. The predicted octanol–water partition coefficient (Wildman–Crippen LogP) is 5.31. The van der Waals surface area contributed by atoms with Gasteiger partial charge in [-0.2, -0.15) is 10.2 Å². The Bertz CT molecular complexity index is 1990. The molecular weight excluding hydrogens is 550 g/mol. The van der Waals surface area contributed by atoms with Crippen LogP contribution in [0.3, 0.4) is 0 Å². The third kappa shape index (κ3) is 4.49. The number of hydrogen-bond donors (Lipinski definition) is 2. The third-order valence-electron chi connectivity index (χ3n) is 6.66. The van der Waals surface area contributed by atoms with Crippen LogP contribution in [0.1, 0.15) is 43.4 Å². The number of pyridine rings is 1. The number of rotatable bonds is 6. The number of fused-ring (bicyclic) bond motifs is 2. The van der Waals surface area contributed by atoms with Crippen LogP contribution in [-0.2, 0) is 7.05 Å². The molecule has 0 saturated carbocycles. The molecule has 0 unspecified atom stereocenters. The van der Waals surface area contributed by atoms with Gasteiger partial charge >= 0.3 is 0 Å². The summed E-state index contributed by atoms with van der Waals surface area (Å²) in [5.74, 6) is -1.45. The van der Waals surface area contributed by atoms with Gasteiger partial charge in [0.1, 0.15) is 21.0 Å². The zero-order chi connectivity index (χ0) is 29.0. The number of aryl methyl sites for hydroxylation is 3. The van der Waals surface area contributed by atoms with Crippen LogP contribution in [0.2, 0.25) is 0 Å². The molecule has 1 aromatic carbocycles. The molecule has 206 valence electrons. The Kier molecular flexibility index (Phi) is 6.30. The first kappa shape index (κ1) is 26.2. The van der Waals surface area contributed by atoms with Gasteiger partial charge in [-0.1, -0.05) is 29.8 Å². The van der Waals surface area contributed by atoms with Crippen LogP contribution in [-0.4, -0.2) is 41.2 Å². The first-order valence-corrected chi connectivity index (χ1v) is 13.2. The quantitative estimate of drug-likeness (QED) is 0.278. The minimum absolute atomic E-state index is 0.0279. The summed E-state index contributed by atoms with van der Waals surface area (Å²) in [6.45, 7) is 3.72. The van der Waals surface area contributed by atoms with Crippen molar-refractivity contribution in [1.29, 1.82) is 0 Å². The number of nitrogens with two attached hydrogens (primary N) is 1. The molecule has 13 heteroatoms. The van der Waals surface area contributed by atoms with Crippen LogP contribution in [0.25, 0.3) is 38.2 Å². The number of carbonyl (C=O) groups excluding carboxylic acids is 2. The maximum Gasteiger partial charge on any atom is 0.280 e. The lowest BCUT2D eigenvalue weighted by Gasteiger charge is -2.10. The minimum Gasteiger partial charge on any atom is -0.365 e. The molecule has 5 aromatic heterocycles. The van der Waals surface area contributed by atoms with Gasteiger partial charge in [-0.3, -0.25) is 14.3 Å². The highest BCUT2D eigenvalue weighted by Gasteiger charge is 2.27. The fraction of sp³-hybridized carbons (Fsp3) is 0.143. The van der Waals surface area contributed by atoms with E-state index >= 15 is 0 Å². The zero-order valence-corrected chi connectivity index (χ0v) is 22.8. The highest BCUT2D eigenvalue weighted by atomic mass is 32.1. The second-order valence-corrected chi connectivity index (χ2v) is 10.5. The number of carbonyl (C=O) groups is 2. The lowest BCUT2D eigenvalue weighted by Crippen LogP contribution is -2.17. The Morgan fingerprint density at radius 1 is 1.10 bits per heavy atom. The van der Waals surface area contributed by atoms with Gasteiger partial charge in [0.25, 0.3) is 18.2 Å². The summed E-state index contributed by atoms with van der Waals surface area (Å²) in [6.07, 6.45) is 1.78. The molecular formula is C28H22F2N8O2S. The maximum atomic E-state index is 13.8. The minimum atomic E-state index is -2.86. The summed E-state index contributed by atoms with van der Waals surface area (Å²) in [4.78, 5) is 34.7. The average Bonchev–Trinajstić information content (AvgIpc) is 3.63. The fourth-order valence-electron chi connectivity index (χ4n) is 4.77. The van der Waals surface area contributed by atoms with E-state index in [1.54, 1.807) is 41.6 Å². The number of nitrogens with zero attached hydrogens (tertiary/aromatic N) is 6. The van der Waals surface area contributed by atoms with Crippen LogP contribution >= 0.6 is 11.3 Å². The summed E-state index contributed by atoms with van der Waals surface area (Å²) < 4.78 is 30.8. The molecule has 0 bridgehead atoms. The van der Waals surface area contributed by atoms with E-state index in [-0.39, 0.29) is 21.0 Å². The van der Waals surface area contributed by atoms with E-state index in [0.29, 0.717) is 27.9 Å². The number of alkyl halides is 2. The number of nitrogens with one attached hydrogen (secondary N) is 1. The van der Waals surface area contributed by atoms with Crippen molar-refractivity contribution in [1.82, 2.24) is 29.4 Å². The molecule has 0 radical (unpaired) electrons. The number of hydrogen-bond acceptors (Lipinski definition) is 7. The van der Waals surface area contributed by atoms with Crippen molar-refractivity contribution in [3.05, 3.63) is 82.4 Å². The number of anilines is 1. The summed E-state index contributed by atoms with van der Waals surface area (Å²) in [7, 11) is 1.71. The molecule has 0 spiro atoms. The monoisotopic (exact) mass is 572 g/mol. The molecule has 41 heavy (non-hydrogen) atoms. The molecule has 0 aliphatic carbocycles. The smallest absolute Gasteiger partial charge is 0.280 e. The Hall–Kier alpha value is -5.04. The van der Waals surface area contributed by atoms with Crippen molar-refractivity contribution in [2.24, 2.45) is 12.8 Å². The number of benzene rings is 1. The van der Waals surface area contributed by atoms with Crippen molar-refractivity contribution in [3.63, 3.8) is 0 Å². The van der Waals surface area contributed by atoms with Gasteiger partial charge < -0.3 is 11.1 Å². The number of amides is 2. The first-order valence-electron chi connectivity index (χ1n) is 12.4. The molecule has 0 saturated heterocycles. The maximum absolute atomic E-state index is 13.8. The van der Waals surface area contributed by atoms with Gasteiger partial charge in [0.2, 0.25) is 0 Å². The summed E-state index contributed by atoms with van der Waals surface area (Å²) in [5.41, 5.74) is 9.89. The Morgan fingerprint density at radius 3 is 2.51 bits per heavy atom. The number of halogens is 2. The Morgan fingerprint density at radius 2 is 1.85 bits per heavy atom. The van der Waals surface area contributed by atoms with Gasteiger partial charge in [0.15, 0.2) is 5.65 Å². The van der Waals surface area contributed by atoms with E-state index in [1.165, 1.54) is 12.3 Å². The van der Waals surface area contributed by atoms with Gasteiger partial charge in [-0.15, -0.1) is 11.3 Å². The fourth-order valence-corrected chi connectivity index (χ4v) is 5.79. The molecule has 6 aromatic rings. The van der Waals surface area contributed by atoms with Gasteiger partial charge in [-0.25, -0.2) is 23.3 Å². The zero-order valence-electron chi connectivity index (χ0n) is 22.0. The Labute approximate surface area is 235 Å². The molecule has 0 aliphatic rings. The molecule has 10 nitrogen and oxygen atoms in total. The van der Waals surface area contributed by atoms with E-state index in [9.17, 15) is 18.4 Å². The van der Waals surface area contributed by atoms with Crippen LogP contribution in [0.5, 0.6) is 0 Å². The predicted molar refractivity (Wildman–Crippen MR) is 151 cm³/mol. The van der Waals surface area contributed by atoms with Crippen molar-refractivity contribution < 1.29 is 18.4 Å². The van der Waals surface area contributed by atoms with Crippen LogP contribution in [0.15, 0.2) is 55.0 Å². The van der Waals surface area contributed by atoms with Crippen molar-refractivity contribution in [2.45, 2.75) is 20.3 Å². The van der Waals surface area contributed by atoms with Gasteiger partial charge in [-0.05, 0) is 31.5 Å². The van der Waals surface area contributed by atoms with Crippen molar-refractivity contribution in [3.8, 4) is 22.4 Å². The average molecular weight is 573 g/mol. The lowest BCUT2D eigenvalue weighted by atomic mass is 10.0. The van der Waals surface area contributed by atoms with E-state index in [0.717, 1.165) is 28.2 Å². The van der Waals surface area contributed by atoms with Gasteiger partial charge in [0.05, 0.1) is 23.3 Å². The van der Waals surface area contributed by atoms with E-state index in [2.05, 4.69) is 25.5 Å². The molecule has 6 rings (SSSR count). The Balaban J connectivity index is 1.50. The first-order chi connectivity index (χ1) is 19.6.